The van der Waals surface area contributed by atoms with E-state index in [1.807, 2.05) is 5.51 Å². The van der Waals surface area contributed by atoms with Crippen LogP contribution < -0.4 is 0 Å². The van der Waals surface area contributed by atoms with Gasteiger partial charge in [-0.1, -0.05) is 0 Å². The van der Waals surface area contributed by atoms with Crippen LogP contribution in [0.25, 0.3) is 0 Å². The molecule has 1 aromatic heterocycles. The molecule has 0 unspecified atom stereocenters. The van der Waals surface area contributed by atoms with Gasteiger partial charge in [-0.2, -0.15) is 0 Å². The number of ketones is 1. The molecule has 82 valence electrons. The lowest BCUT2D eigenvalue weighted by molar-refractivity contribution is -0.121. The van der Waals surface area contributed by atoms with E-state index < -0.39 is 0 Å². The molecule has 0 aliphatic carbocycles. The van der Waals surface area contributed by atoms with Crippen molar-refractivity contribution in [2.24, 2.45) is 0 Å². The van der Waals surface area contributed by atoms with E-state index in [0.29, 0.717) is 5.78 Å². The first-order chi connectivity index (χ1) is 7.25. The third-order valence-corrected chi connectivity index (χ3v) is 3.91. The summed E-state index contributed by atoms with van der Waals surface area (Å²) < 4.78 is 0. The van der Waals surface area contributed by atoms with E-state index in [4.69, 9.17) is 0 Å². The van der Waals surface area contributed by atoms with Crippen LogP contribution in [-0.4, -0.2) is 35.3 Å². The number of aryl methyl sites for hydroxylation is 1. The van der Waals surface area contributed by atoms with E-state index in [-0.39, 0.29) is 0 Å². The molecule has 2 rings (SSSR count). The van der Waals surface area contributed by atoms with Gasteiger partial charge in [-0.3, -0.25) is 4.79 Å². The van der Waals surface area contributed by atoms with Crippen molar-refractivity contribution >= 4 is 17.1 Å². The van der Waals surface area contributed by atoms with Crippen molar-refractivity contribution in [2.45, 2.75) is 26.2 Å². The minimum Gasteiger partial charge on any atom is -0.302 e. The Balaban J connectivity index is 1.79. The van der Waals surface area contributed by atoms with Crippen LogP contribution in [0.5, 0.6) is 0 Å². The summed E-state index contributed by atoms with van der Waals surface area (Å²) >= 11 is 1.73. The van der Waals surface area contributed by atoms with Crippen LogP contribution in [0.3, 0.4) is 0 Å². The Morgan fingerprint density at radius 3 is 2.80 bits per heavy atom. The SMILES string of the molecule is Cc1ncsc1CCN1CCC(=O)CC1. The molecule has 0 radical (unpaired) electrons. The number of aromatic nitrogens is 1. The lowest BCUT2D eigenvalue weighted by Gasteiger charge is -2.25. The third-order valence-electron chi connectivity index (χ3n) is 2.91. The topological polar surface area (TPSA) is 33.2 Å². The normalized spacial score (nSPS) is 18.3. The van der Waals surface area contributed by atoms with Crippen molar-refractivity contribution in [3.05, 3.63) is 16.1 Å². The number of likely N-dealkylation sites (tertiary alicyclic amines) is 1. The van der Waals surface area contributed by atoms with Crippen LogP contribution in [0.1, 0.15) is 23.4 Å². The Hall–Kier alpha value is -0.740. The summed E-state index contributed by atoms with van der Waals surface area (Å²) in [5.41, 5.74) is 3.07. The van der Waals surface area contributed by atoms with E-state index in [2.05, 4.69) is 16.8 Å². The summed E-state index contributed by atoms with van der Waals surface area (Å²) in [6.45, 7) is 5.01. The Kier molecular flexibility index (Phi) is 3.49. The average molecular weight is 224 g/mol. The first kappa shape index (κ1) is 10.8. The largest absolute Gasteiger partial charge is 0.302 e. The smallest absolute Gasteiger partial charge is 0.135 e. The molecule has 3 nitrogen and oxygen atoms in total. The number of carbonyl (C=O) groups excluding carboxylic acids is 1. The van der Waals surface area contributed by atoms with Gasteiger partial charge in [0, 0.05) is 37.4 Å². The highest BCUT2D eigenvalue weighted by Crippen LogP contribution is 2.14. The zero-order valence-electron chi connectivity index (χ0n) is 9.03. The van der Waals surface area contributed by atoms with E-state index >= 15 is 0 Å². The van der Waals surface area contributed by atoms with Crippen LogP contribution in [-0.2, 0) is 11.2 Å². The second-order valence-corrected chi connectivity index (χ2v) is 4.93. The molecule has 0 atom stereocenters. The molecule has 1 aromatic rings. The predicted octanol–water partition coefficient (Wildman–Crippen LogP) is 1.66. The number of nitrogens with zero attached hydrogens (tertiary/aromatic N) is 2. The predicted molar refractivity (Wildman–Crippen MR) is 61.2 cm³/mol. The van der Waals surface area contributed by atoms with Gasteiger partial charge in [0.2, 0.25) is 0 Å². The number of piperidine rings is 1. The minimum atomic E-state index is 0.417. The first-order valence-corrected chi connectivity index (χ1v) is 6.26. The summed E-state index contributed by atoms with van der Waals surface area (Å²) in [6, 6.07) is 0. The van der Waals surface area contributed by atoms with Crippen molar-refractivity contribution in [3.63, 3.8) is 0 Å². The molecule has 0 aromatic carbocycles. The second-order valence-electron chi connectivity index (χ2n) is 3.99. The molecular weight excluding hydrogens is 208 g/mol. The minimum absolute atomic E-state index is 0.417. The van der Waals surface area contributed by atoms with Crippen molar-refractivity contribution < 1.29 is 4.79 Å². The van der Waals surface area contributed by atoms with E-state index in [9.17, 15) is 4.79 Å². The first-order valence-electron chi connectivity index (χ1n) is 5.39. The van der Waals surface area contributed by atoms with E-state index in [1.165, 1.54) is 4.88 Å². The van der Waals surface area contributed by atoms with Gasteiger partial charge >= 0.3 is 0 Å². The Morgan fingerprint density at radius 2 is 2.20 bits per heavy atom. The maximum absolute atomic E-state index is 11.1. The van der Waals surface area contributed by atoms with Gasteiger partial charge < -0.3 is 4.90 Å². The van der Waals surface area contributed by atoms with Gasteiger partial charge in [-0.05, 0) is 13.3 Å². The van der Waals surface area contributed by atoms with Crippen LogP contribution in [0.2, 0.25) is 0 Å². The van der Waals surface area contributed by atoms with Crippen LogP contribution >= 0.6 is 11.3 Å². The Morgan fingerprint density at radius 1 is 1.47 bits per heavy atom. The van der Waals surface area contributed by atoms with Gasteiger partial charge in [0.1, 0.15) is 5.78 Å². The highest BCUT2D eigenvalue weighted by atomic mass is 32.1. The molecule has 1 aliphatic rings. The number of hydrogen-bond acceptors (Lipinski definition) is 4. The van der Waals surface area contributed by atoms with E-state index in [1.54, 1.807) is 11.3 Å². The van der Waals surface area contributed by atoms with Crippen molar-refractivity contribution in [3.8, 4) is 0 Å². The fourth-order valence-corrected chi connectivity index (χ4v) is 2.62. The van der Waals surface area contributed by atoms with Crippen molar-refractivity contribution in [1.29, 1.82) is 0 Å². The summed E-state index contributed by atoms with van der Waals surface area (Å²) in [4.78, 5) is 19.1. The molecule has 1 fully saturated rings. The average Bonchev–Trinajstić information content (AvgIpc) is 2.63. The van der Waals surface area contributed by atoms with Crippen LogP contribution in [0, 0.1) is 6.92 Å². The Bertz CT molecular complexity index is 338. The zero-order valence-corrected chi connectivity index (χ0v) is 9.85. The highest BCUT2D eigenvalue weighted by molar-refractivity contribution is 7.09. The van der Waals surface area contributed by atoms with Gasteiger partial charge in [-0.15, -0.1) is 11.3 Å². The van der Waals surface area contributed by atoms with Crippen molar-refractivity contribution in [1.82, 2.24) is 9.88 Å². The molecule has 2 heterocycles. The molecule has 1 aliphatic heterocycles. The van der Waals surface area contributed by atoms with E-state index in [0.717, 1.165) is 44.6 Å². The molecule has 0 saturated carbocycles. The lowest BCUT2D eigenvalue weighted by atomic mass is 10.1. The Labute approximate surface area is 94.1 Å². The molecule has 0 amide bonds. The third kappa shape index (κ3) is 2.86. The molecule has 4 heteroatoms. The summed E-state index contributed by atoms with van der Waals surface area (Å²) in [5, 5.41) is 0. The molecule has 0 N–H and O–H groups in total. The lowest BCUT2D eigenvalue weighted by Crippen LogP contribution is -2.35. The number of Topliss-reactive ketones (excluding diaryl/α,β-unsaturated/α-hetero) is 1. The summed E-state index contributed by atoms with van der Waals surface area (Å²) in [6.07, 6.45) is 2.55. The standard InChI is InChI=1S/C11H16N2OS/c1-9-11(15-8-12-9)4-7-13-5-2-10(14)3-6-13/h8H,2-7H2,1H3. The fourth-order valence-electron chi connectivity index (χ4n) is 1.85. The second kappa shape index (κ2) is 4.86. The highest BCUT2D eigenvalue weighted by Gasteiger charge is 2.15. The van der Waals surface area contributed by atoms with Crippen LogP contribution in [0.4, 0.5) is 0 Å². The van der Waals surface area contributed by atoms with Crippen LogP contribution in [0.15, 0.2) is 5.51 Å². The zero-order chi connectivity index (χ0) is 10.7. The molecule has 0 spiro atoms. The maximum Gasteiger partial charge on any atom is 0.135 e. The maximum atomic E-state index is 11.1. The number of carbonyl (C=O) groups is 1. The van der Waals surface area contributed by atoms with Gasteiger partial charge in [-0.25, -0.2) is 4.98 Å². The van der Waals surface area contributed by atoms with Gasteiger partial charge in [0.15, 0.2) is 0 Å². The fraction of sp³-hybridized carbons (Fsp3) is 0.636. The molecule has 1 saturated heterocycles. The van der Waals surface area contributed by atoms with Gasteiger partial charge in [0.05, 0.1) is 11.2 Å². The van der Waals surface area contributed by atoms with Gasteiger partial charge in [0.25, 0.3) is 0 Å². The molecule has 0 bridgehead atoms. The number of thiazole rings is 1. The summed E-state index contributed by atoms with van der Waals surface area (Å²) in [7, 11) is 0. The molecular formula is C11H16N2OS. The summed E-state index contributed by atoms with van der Waals surface area (Å²) in [5.74, 6) is 0.417. The number of rotatable bonds is 3. The molecule has 15 heavy (non-hydrogen) atoms. The monoisotopic (exact) mass is 224 g/mol. The number of hydrogen-bond donors (Lipinski definition) is 0. The quantitative estimate of drug-likeness (QED) is 0.783. The van der Waals surface area contributed by atoms with Crippen molar-refractivity contribution in [2.75, 3.05) is 19.6 Å².